The zero-order valence-corrected chi connectivity index (χ0v) is 12.2. The van der Waals surface area contributed by atoms with Gasteiger partial charge in [-0.25, -0.2) is 4.79 Å². The molecule has 2 heterocycles. The molecule has 0 aromatic heterocycles. The molecule has 2 aliphatic heterocycles. The van der Waals surface area contributed by atoms with Gasteiger partial charge in [0.1, 0.15) is 0 Å². The van der Waals surface area contributed by atoms with Crippen LogP contribution in [-0.2, 0) is 9.59 Å². The van der Waals surface area contributed by atoms with Gasteiger partial charge in [0.25, 0.3) is 0 Å². The largest absolute Gasteiger partial charge is 0.490 e. The van der Waals surface area contributed by atoms with E-state index in [2.05, 4.69) is 16.0 Å². The van der Waals surface area contributed by atoms with Crippen LogP contribution in [0.1, 0.15) is 19.3 Å². The van der Waals surface area contributed by atoms with Gasteiger partial charge in [-0.05, 0) is 51.4 Å². The van der Waals surface area contributed by atoms with Gasteiger partial charge in [-0.1, -0.05) is 0 Å². The highest BCUT2D eigenvalue weighted by atomic mass is 19.4. The van der Waals surface area contributed by atoms with Gasteiger partial charge in [-0.2, -0.15) is 13.2 Å². The molecule has 0 radical (unpaired) electrons. The van der Waals surface area contributed by atoms with Crippen LogP contribution in [0.25, 0.3) is 0 Å². The Hall–Kier alpha value is -1.35. The van der Waals surface area contributed by atoms with Crippen molar-refractivity contribution >= 4 is 11.9 Å². The minimum absolute atomic E-state index is 0.251. The average Bonchev–Trinajstić information content (AvgIpc) is 2.98. The molecule has 0 aromatic rings. The Morgan fingerprint density at radius 1 is 1.09 bits per heavy atom. The second-order valence-electron chi connectivity index (χ2n) is 5.43. The number of nitrogens with one attached hydrogen (secondary N) is 3. The van der Waals surface area contributed by atoms with E-state index in [-0.39, 0.29) is 11.8 Å². The number of hydrogen-bond donors (Lipinski definition) is 4. The number of carbonyl (C=O) groups excluding carboxylic acids is 1. The predicted molar refractivity (Wildman–Crippen MR) is 73.3 cm³/mol. The predicted octanol–water partition coefficient (Wildman–Crippen LogP) is 0.345. The summed E-state index contributed by atoms with van der Waals surface area (Å²) in [5.41, 5.74) is 0. The summed E-state index contributed by atoms with van der Waals surface area (Å²) in [6, 6.07) is 0. The maximum atomic E-state index is 11.8. The van der Waals surface area contributed by atoms with Gasteiger partial charge >= 0.3 is 12.1 Å². The van der Waals surface area contributed by atoms with Crippen molar-refractivity contribution in [1.82, 2.24) is 16.0 Å². The van der Waals surface area contributed by atoms with E-state index in [1.54, 1.807) is 0 Å². The van der Waals surface area contributed by atoms with Crippen LogP contribution in [0.5, 0.6) is 0 Å². The second-order valence-corrected chi connectivity index (χ2v) is 5.43. The highest BCUT2D eigenvalue weighted by Crippen LogP contribution is 2.13. The third-order valence-corrected chi connectivity index (χ3v) is 3.68. The minimum atomic E-state index is -5.08. The number of alkyl halides is 3. The maximum Gasteiger partial charge on any atom is 0.490 e. The average molecular weight is 325 g/mol. The van der Waals surface area contributed by atoms with Crippen molar-refractivity contribution in [2.75, 3.05) is 32.7 Å². The molecule has 0 bridgehead atoms. The van der Waals surface area contributed by atoms with Crippen LogP contribution >= 0.6 is 0 Å². The van der Waals surface area contributed by atoms with E-state index < -0.39 is 12.1 Å². The van der Waals surface area contributed by atoms with Gasteiger partial charge in [-0.3, -0.25) is 4.79 Å². The van der Waals surface area contributed by atoms with Crippen LogP contribution in [0.15, 0.2) is 0 Å². The molecule has 2 fully saturated rings. The van der Waals surface area contributed by atoms with Crippen LogP contribution in [0.3, 0.4) is 0 Å². The lowest BCUT2D eigenvalue weighted by Gasteiger charge is -2.22. The van der Waals surface area contributed by atoms with E-state index in [1.807, 2.05) is 0 Å². The van der Waals surface area contributed by atoms with E-state index in [0.29, 0.717) is 5.92 Å². The van der Waals surface area contributed by atoms with Crippen molar-refractivity contribution in [3.8, 4) is 0 Å². The fraction of sp³-hybridized carbons (Fsp3) is 0.846. The highest BCUT2D eigenvalue weighted by Gasteiger charge is 2.38. The van der Waals surface area contributed by atoms with Gasteiger partial charge in [0.2, 0.25) is 5.91 Å². The fourth-order valence-electron chi connectivity index (χ4n) is 2.36. The van der Waals surface area contributed by atoms with Gasteiger partial charge in [-0.15, -0.1) is 0 Å². The highest BCUT2D eigenvalue weighted by molar-refractivity contribution is 5.78. The molecular weight excluding hydrogens is 303 g/mol. The number of halogens is 3. The van der Waals surface area contributed by atoms with E-state index in [9.17, 15) is 18.0 Å². The number of carboxylic acid groups (broad SMARTS) is 1. The number of carbonyl (C=O) groups is 2. The summed E-state index contributed by atoms with van der Waals surface area (Å²) >= 11 is 0. The lowest BCUT2D eigenvalue weighted by Crippen LogP contribution is -2.40. The van der Waals surface area contributed by atoms with Crippen LogP contribution in [-0.4, -0.2) is 55.9 Å². The van der Waals surface area contributed by atoms with Gasteiger partial charge in [0, 0.05) is 12.5 Å². The van der Waals surface area contributed by atoms with Crippen LogP contribution in [0.2, 0.25) is 0 Å². The second kappa shape index (κ2) is 8.94. The van der Waals surface area contributed by atoms with E-state index in [0.717, 1.165) is 45.6 Å². The molecule has 22 heavy (non-hydrogen) atoms. The number of hydrogen-bond acceptors (Lipinski definition) is 4. The standard InChI is InChI=1S/C11H21N3O.C2HF3O2/c15-11(10-2-5-12-6-3-10)14-8-9-1-4-13-7-9;3-2(4,5)1(6)7/h9-10,12-13H,1-8H2,(H,14,15);(H,6,7). The third-order valence-electron chi connectivity index (χ3n) is 3.68. The molecule has 1 atom stereocenters. The summed E-state index contributed by atoms with van der Waals surface area (Å²) in [5.74, 6) is -1.59. The van der Waals surface area contributed by atoms with Crippen molar-refractivity contribution < 1.29 is 27.9 Å². The molecule has 9 heteroatoms. The molecule has 1 unspecified atom stereocenters. The zero-order chi connectivity index (χ0) is 16.6. The summed E-state index contributed by atoms with van der Waals surface area (Å²) in [4.78, 5) is 20.7. The maximum absolute atomic E-state index is 11.8. The molecule has 2 saturated heterocycles. The summed E-state index contributed by atoms with van der Waals surface area (Å²) in [5, 5.41) is 16.8. The first kappa shape index (κ1) is 18.7. The Kier molecular flexibility index (Phi) is 7.60. The molecule has 4 N–H and O–H groups in total. The van der Waals surface area contributed by atoms with Crippen LogP contribution < -0.4 is 16.0 Å². The quantitative estimate of drug-likeness (QED) is 0.601. The summed E-state index contributed by atoms with van der Waals surface area (Å²) in [6.45, 7) is 5.00. The Labute approximate surface area is 126 Å². The van der Waals surface area contributed by atoms with Gasteiger partial charge in [0.15, 0.2) is 0 Å². The van der Waals surface area contributed by atoms with Crippen LogP contribution in [0, 0.1) is 11.8 Å². The number of piperidine rings is 1. The number of rotatable bonds is 3. The van der Waals surface area contributed by atoms with E-state index in [1.165, 1.54) is 6.42 Å². The van der Waals surface area contributed by atoms with Crippen LogP contribution in [0.4, 0.5) is 13.2 Å². The van der Waals surface area contributed by atoms with E-state index >= 15 is 0 Å². The fourth-order valence-corrected chi connectivity index (χ4v) is 2.36. The molecule has 2 rings (SSSR count). The topological polar surface area (TPSA) is 90.5 Å². The van der Waals surface area contributed by atoms with Crippen molar-refractivity contribution in [2.45, 2.75) is 25.4 Å². The molecule has 128 valence electrons. The Morgan fingerprint density at radius 2 is 1.64 bits per heavy atom. The Balaban J connectivity index is 0.000000295. The van der Waals surface area contributed by atoms with Gasteiger partial charge in [0.05, 0.1) is 0 Å². The molecule has 0 spiro atoms. The summed E-state index contributed by atoms with van der Waals surface area (Å²) in [6.07, 6.45) is -1.89. The number of aliphatic carboxylic acids is 1. The molecule has 0 saturated carbocycles. The smallest absolute Gasteiger partial charge is 0.475 e. The third kappa shape index (κ3) is 7.08. The van der Waals surface area contributed by atoms with Crippen molar-refractivity contribution in [1.29, 1.82) is 0 Å². The van der Waals surface area contributed by atoms with E-state index in [4.69, 9.17) is 9.90 Å². The van der Waals surface area contributed by atoms with Crippen molar-refractivity contribution in [3.05, 3.63) is 0 Å². The monoisotopic (exact) mass is 325 g/mol. The molecule has 2 aliphatic rings. The first-order valence-electron chi connectivity index (χ1n) is 7.30. The summed E-state index contributed by atoms with van der Waals surface area (Å²) < 4.78 is 31.7. The first-order chi connectivity index (χ1) is 10.3. The Bertz CT molecular complexity index is 365. The van der Waals surface area contributed by atoms with Crippen molar-refractivity contribution in [2.24, 2.45) is 11.8 Å². The normalized spacial score (nSPS) is 22.6. The molecule has 6 nitrogen and oxygen atoms in total. The first-order valence-corrected chi connectivity index (χ1v) is 7.30. The Morgan fingerprint density at radius 3 is 2.09 bits per heavy atom. The minimum Gasteiger partial charge on any atom is -0.475 e. The zero-order valence-electron chi connectivity index (χ0n) is 12.2. The number of amides is 1. The molecule has 1 amide bonds. The summed E-state index contributed by atoms with van der Waals surface area (Å²) in [7, 11) is 0. The van der Waals surface area contributed by atoms with Gasteiger partial charge < -0.3 is 21.1 Å². The number of carboxylic acids is 1. The SMILES string of the molecule is O=C(NCC1CCNC1)C1CCNCC1.O=C(O)C(F)(F)F. The van der Waals surface area contributed by atoms with Crippen molar-refractivity contribution in [3.63, 3.8) is 0 Å². The molecule has 0 aliphatic carbocycles. The lowest BCUT2D eigenvalue weighted by atomic mass is 9.97. The molecule has 0 aromatic carbocycles. The molecular formula is C13H22F3N3O3. The lowest BCUT2D eigenvalue weighted by molar-refractivity contribution is -0.192.